The van der Waals surface area contributed by atoms with E-state index in [1.54, 1.807) is 24.3 Å². The minimum absolute atomic E-state index is 0.0376. The monoisotopic (exact) mass is 402 g/mol. The smallest absolute Gasteiger partial charge is 0.296 e. The first-order valence-corrected chi connectivity index (χ1v) is 8.40. The summed E-state index contributed by atoms with van der Waals surface area (Å²) in [4.78, 5) is 23.3. The summed E-state index contributed by atoms with van der Waals surface area (Å²) in [6.45, 7) is -0.0653. The van der Waals surface area contributed by atoms with E-state index in [1.165, 1.54) is 42.3 Å². The number of carbonyl (C=O) groups is 1. The van der Waals surface area contributed by atoms with Crippen LogP contribution in [0.15, 0.2) is 54.7 Å². The maximum absolute atomic E-state index is 12.6. The molecule has 2 aromatic carbocycles. The van der Waals surface area contributed by atoms with Crippen LogP contribution >= 0.6 is 11.6 Å². The van der Waals surface area contributed by atoms with Crippen molar-refractivity contribution in [2.75, 3.05) is 12.4 Å². The molecule has 0 aliphatic heterocycles. The van der Waals surface area contributed by atoms with Gasteiger partial charge in [0, 0.05) is 6.20 Å². The first kappa shape index (κ1) is 19.2. The van der Waals surface area contributed by atoms with Crippen LogP contribution in [-0.2, 0) is 6.73 Å². The lowest BCUT2D eigenvalue weighted by molar-refractivity contribution is -0.384. The first-order valence-electron chi connectivity index (χ1n) is 8.02. The average molecular weight is 403 g/mol. The molecule has 0 unspecified atom stereocenters. The van der Waals surface area contributed by atoms with Crippen LogP contribution < -0.4 is 14.8 Å². The molecule has 0 radical (unpaired) electrons. The highest BCUT2D eigenvalue weighted by atomic mass is 35.5. The van der Waals surface area contributed by atoms with Gasteiger partial charge >= 0.3 is 0 Å². The zero-order valence-electron chi connectivity index (χ0n) is 14.7. The zero-order chi connectivity index (χ0) is 20.1. The highest BCUT2D eigenvalue weighted by molar-refractivity contribution is 6.32. The Bertz CT molecular complexity index is 1020. The first-order chi connectivity index (χ1) is 13.5. The average Bonchev–Trinajstić information content (AvgIpc) is 3.16. The Morgan fingerprint density at radius 3 is 2.79 bits per heavy atom. The van der Waals surface area contributed by atoms with Crippen LogP contribution in [0.2, 0.25) is 5.02 Å². The second-order valence-corrected chi connectivity index (χ2v) is 5.92. The summed E-state index contributed by atoms with van der Waals surface area (Å²) in [6.07, 6.45) is 1.42. The number of hydrogen-bond donors (Lipinski definition) is 1. The third-order valence-electron chi connectivity index (χ3n) is 3.78. The molecule has 28 heavy (non-hydrogen) atoms. The molecule has 1 heterocycles. The molecular formula is C18H15ClN4O5. The van der Waals surface area contributed by atoms with Crippen LogP contribution in [0.4, 0.5) is 11.4 Å². The minimum atomic E-state index is -0.601. The molecule has 3 aromatic rings. The fraction of sp³-hybridized carbons (Fsp3) is 0.111. The van der Waals surface area contributed by atoms with E-state index >= 15 is 0 Å². The number of para-hydroxylation sites is 1. The molecule has 0 spiro atoms. The van der Waals surface area contributed by atoms with E-state index in [2.05, 4.69) is 10.4 Å². The number of rotatable bonds is 7. The van der Waals surface area contributed by atoms with Crippen LogP contribution in [0.3, 0.4) is 0 Å². The second-order valence-electron chi connectivity index (χ2n) is 5.51. The Balaban J connectivity index is 1.77. The van der Waals surface area contributed by atoms with Crippen LogP contribution in [-0.4, -0.2) is 27.7 Å². The van der Waals surface area contributed by atoms with E-state index in [-0.39, 0.29) is 23.8 Å². The Kier molecular flexibility index (Phi) is 5.75. The molecule has 3 rings (SSSR count). The largest absolute Gasteiger partial charge is 0.496 e. The van der Waals surface area contributed by atoms with Gasteiger partial charge in [0.05, 0.1) is 23.1 Å². The number of nitro benzene ring substituents is 1. The topological polar surface area (TPSA) is 109 Å². The fourth-order valence-corrected chi connectivity index (χ4v) is 2.59. The number of ether oxygens (including phenoxy) is 2. The number of anilines is 1. The van der Waals surface area contributed by atoms with Gasteiger partial charge in [-0.3, -0.25) is 14.9 Å². The maximum atomic E-state index is 12.6. The second kappa shape index (κ2) is 8.40. The minimum Gasteiger partial charge on any atom is -0.496 e. The predicted octanol–water partition coefficient (Wildman–Crippen LogP) is 3.74. The van der Waals surface area contributed by atoms with Gasteiger partial charge in [-0.15, -0.1) is 0 Å². The van der Waals surface area contributed by atoms with Crippen LogP contribution in [0.5, 0.6) is 11.5 Å². The van der Waals surface area contributed by atoms with Crippen LogP contribution in [0.1, 0.15) is 10.5 Å². The van der Waals surface area contributed by atoms with Gasteiger partial charge in [-0.05, 0) is 30.3 Å². The van der Waals surface area contributed by atoms with Gasteiger partial charge in [0.15, 0.2) is 6.73 Å². The van der Waals surface area contributed by atoms with Crippen molar-refractivity contribution in [1.29, 1.82) is 0 Å². The molecule has 144 valence electrons. The number of hydrogen-bond acceptors (Lipinski definition) is 6. The number of nitrogens with zero attached hydrogens (tertiary/aromatic N) is 3. The van der Waals surface area contributed by atoms with Gasteiger partial charge in [0.2, 0.25) is 0 Å². The molecule has 0 fully saturated rings. The van der Waals surface area contributed by atoms with E-state index in [0.717, 1.165) is 0 Å². The van der Waals surface area contributed by atoms with Crippen molar-refractivity contribution in [3.05, 3.63) is 75.6 Å². The molecule has 0 aliphatic rings. The number of halogens is 1. The predicted molar refractivity (Wildman–Crippen MR) is 102 cm³/mol. The highest BCUT2D eigenvalue weighted by Gasteiger charge is 2.20. The van der Waals surface area contributed by atoms with Gasteiger partial charge in [-0.25, -0.2) is 4.68 Å². The van der Waals surface area contributed by atoms with E-state index in [1.807, 2.05) is 0 Å². The van der Waals surface area contributed by atoms with Crippen molar-refractivity contribution >= 4 is 28.9 Å². The fourth-order valence-electron chi connectivity index (χ4n) is 2.40. The van der Waals surface area contributed by atoms with Gasteiger partial charge in [-0.1, -0.05) is 23.7 Å². The van der Waals surface area contributed by atoms with Crippen LogP contribution in [0.25, 0.3) is 0 Å². The third-order valence-corrected chi connectivity index (χ3v) is 4.09. The molecule has 1 N–H and O–H groups in total. The van der Waals surface area contributed by atoms with Crippen molar-refractivity contribution in [3.8, 4) is 11.5 Å². The lowest BCUT2D eigenvalue weighted by atomic mass is 10.2. The summed E-state index contributed by atoms with van der Waals surface area (Å²) in [5.41, 5.74) is -0.0844. The van der Waals surface area contributed by atoms with Crippen molar-refractivity contribution in [3.63, 3.8) is 0 Å². The van der Waals surface area contributed by atoms with Crippen LogP contribution in [0, 0.1) is 10.1 Å². The van der Waals surface area contributed by atoms with Crippen molar-refractivity contribution < 1.29 is 19.2 Å². The quantitative estimate of drug-likeness (QED) is 0.476. The normalized spacial score (nSPS) is 10.4. The lowest BCUT2D eigenvalue weighted by Gasteiger charge is -2.11. The number of nitrogens with one attached hydrogen (secondary N) is 1. The number of nitro groups is 1. The van der Waals surface area contributed by atoms with Gasteiger partial charge in [0.25, 0.3) is 11.6 Å². The third kappa shape index (κ3) is 4.21. The van der Waals surface area contributed by atoms with Crippen molar-refractivity contribution in [1.82, 2.24) is 9.78 Å². The molecular weight excluding hydrogens is 388 g/mol. The van der Waals surface area contributed by atoms with Gasteiger partial charge < -0.3 is 14.8 Å². The SMILES string of the molecule is COc1ccc(NC(=O)c2ccnn2COc2ccccc2Cl)c([N+](=O)[O-])c1. The number of amides is 1. The Hall–Kier alpha value is -3.59. The summed E-state index contributed by atoms with van der Waals surface area (Å²) in [5, 5.41) is 18.2. The molecule has 9 nitrogen and oxygen atoms in total. The molecule has 0 aliphatic carbocycles. The summed E-state index contributed by atoms with van der Waals surface area (Å²) < 4.78 is 11.9. The molecule has 1 aromatic heterocycles. The number of benzene rings is 2. The number of carbonyl (C=O) groups excluding carboxylic acids is 1. The molecule has 0 saturated carbocycles. The standard InChI is InChI=1S/C18H15ClN4O5/c1-27-12-6-7-14(16(10-12)23(25)26)21-18(24)15-8-9-20-22(15)11-28-17-5-3-2-4-13(17)19/h2-10H,11H2,1H3,(H,21,24). The molecule has 1 amide bonds. The molecule has 0 saturated heterocycles. The summed E-state index contributed by atoms with van der Waals surface area (Å²) in [5.74, 6) is 0.174. The van der Waals surface area contributed by atoms with Crippen molar-refractivity contribution in [2.24, 2.45) is 0 Å². The Morgan fingerprint density at radius 2 is 2.07 bits per heavy atom. The van der Waals surface area contributed by atoms with Gasteiger partial charge in [-0.2, -0.15) is 5.10 Å². The van der Waals surface area contributed by atoms with Gasteiger partial charge in [0.1, 0.15) is 22.9 Å². The Labute approximate surface area is 164 Å². The number of aromatic nitrogens is 2. The van der Waals surface area contributed by atoms with Crippen molar-refractivity contribution in [2.45, 2.75) is 6.73 Å². The maximum Gasteiger partial charge on any atom is 0.296 e. The zero-order valence-corrected chi connectivity index (χ0v) is 15.4. The molecule has 0 atom stereocenters. The summed E-state index contributed by atoms with van der Waals surface area (Å²) in [6, 6.07) is 12.5. The Morgan fingerprint density at radius 1 is 1.29 bits per heavy atom. The summed E-state index contributed by atoms with van der Waals surface area (Å²) >= 11 is 6.04. The lowest BCUT2D eigenvalue weighted by Crippen LogP contribution is -2.20. The van der Waals surface area contributed by atoms with E-state index < -0.39 is 10.8 Å². The van der Waals surface area contributed by atoms with E-state index in [9.17, 15) is 14.9 Å². The molecule has 10 heteroatoms. The number of methoxy groups -OCH3 is 1. The van der Waals surface area contributed by atoms with E-state index in [4.69, 9.17) is 21.1 Å². The summed E-state index contributed by atoms with van der Waals surface area (Å²) in [7, 11) is 1.40. The molecule has 0 bridgehead atoms. The van der Waals surface area contributed by atoms with E-state index in [0.29, 0.717) is 16.5 Å². The highest BCUT2D eigenvalue weighted by Crippen LogP contribution is 2.29.